The Morgan fingerprint density at radius 1 is 1.10 bits per heavy atom. The van der Waals surface area contributed by atoms with E-state index in [4.69, 9.17) is 5.73 Å². The van der Waals surface area contributed by atoms with Crippen LogP contribution in [-0.4, -0.2) is 37.9 Å². The molecular formula is C19H12N6O3S. The Bertz CT molecular complexity index is 1410. The molecule has 2 N–H and O–H groups in total. The van der Waals surface area contributed by atoms with E-state index in [1.165, 1.54) is 9.42 Å². The van der Waals surface area contributed by atoms with Crippen molar-refractivity contribution in [1.29, 1.82) is 0 Å². The number of primary amides is 1. The standard InChI is InChI=1S/C19H12N6O3S/c20-13(26)9-24-12-4-2-1-3-11(12)14(17(24)27)15-18(28)25-19(29-15)22-16(23-25)10-5-7-21-8-6-10/h1-8H,9H2,(H2,20,26). The van der Waals surface area contributed by atoms with E-state index in [0.29, 0.717) is 22.0 Å². The van der Waals surface area contributed by atoms with E-state index in [-0.39, 0.29) is 16.7 Å². The number of anilines is 1. The molecule has 0 atom stereocenters. The lowest BCUT2D eigenvalue weighted by Crippen LogP contribution is -2.37. The zero-order chi connectivity index (χ0) is 20.1. The molecule has 5 rings (SSSR count). The zero-order valence-electron chi connectivity index (χ0n) is 14.8. The number of carbonyl (C=O) groups is 2. The van der Waals surface area contributed by atoms with Gasteiger partial charge in [0.15, 0.2) is 5.82 Å². The minimum Gasteiger partial charge on any atom is -0.368 e. The molecule has 29 heavy (non-hydrogen) atoms. The summed E-state index contributed by atoms with van der Waals surface area (Å²) in [5.41, 5.74) is 6.95. The summed E-state index contributed by atoms with van der Waals surface area (Å²) in [7, 11) is 0. The Morgan fingerprint density at radius 2 is 1.86 bits per heavy atom. The smallest absolute Gasteiger partial charge is 0.291 e. The van der Waals surface area contributed by atoms with E-state index < -0.39 is 17.4 Å². The number of aromatic nitrogens is 4. The molecule has 0 bridgehead atoms. The minimum absolute atomic E-state index is 0.227. The molecule has 4 aromatic rings. The van der Waals surface area contributed by atoms with Crippen molar-refractivity contribution in [2.75, 3.05) is 11.4 Å². The summed E-state index contributed by atoms with van der Waals surface area (Å²) < 4.78 is 1.42. The predicted molar refractivity (Wildman–Crippen MR) is 106 cm³/mol. The number of carbonyl (C=O) groups excluding carboxylic acids is 2. The van der Waals surface area contributed by atoms with E-state index in [9.17, 15) is 14.4 Å². The van der Waals surface area contributed by atoms with E-state index in [1.807, 2.05) is 0 Å². The number of nitrogens with two attached hydrogens (primary N) is 1. The molecule has 0 aliphatic carbocycles. The van der Waals surface area contributed by atoms with Gasteiger partial charge in [0.05, 0.1) is 11.3 Å². The number of thiazole rings is 1. The van der Waals surface area contributed by atoms with Crippen LogP contribution < -0.4 is 20.7 Å². The number of hydrogen-bond acceptors (Lipinski definition) is 7. The molecule has 0 spiro atoms. The number of fused-ring (bicyclic) bond motifs is 2. The highest BCUT2D eigenvalue weighted by Gasteiger charge is 2.35. The number of para-hydroxylation sites is 1. The van der Waals surface area contributed by atoms with Gasteiger partial charge in [0.1, 0.15) is 11.1 Å². The molecule has 0 saturated carbocycles. The van der Waals surface area contributed by atoms with Gasteiger partial charge in [-0.1, -0.05) is 29.5 Å². The molecule has 3 aromatic heterocycles. The Kier molecular flexibility index (Phi) is 3.74. The first-order valence-corrected chi connectivity index (χ1v) is 9.40. The predicted octanol–water partition coefficient (Wildman–Crippen LogP) is -0.0372. The van der Waals surface area contributed by atoms with E-state index in [1.54, 1.807) is 48.8 Å². The Morgan fingerprint density at radius 3 is 2.59 bits per heavy atom. The van der Waals surface area contributed by atoms with Crippen LogP contribution >= 0.6 is 11.3 Å². The summed E-state index contributed by atoms with van der Waals surface area (Å²) in [6.07, 6.45) is 3.23. The first kappa shape index (κ1) is 17.2. The maximum absolute atomic E-state index is 13.0. The quantitative estimate of drug-likeness (QED) is 0.511. The molecule has 4 heterocycles. The number of pyridine rings is 1. The summed E-state index contributed by atoms with van der Waals surface area (Å²) in [6.45, 7) is -0.263. The lowest BCUT2D eigenvalue weighted by Gasteiger charge is -2.14. The Hall–Kier alpha value is -3.92. The molecule has 1 aliphatic heterocycles. The first-order chi connectivity index (χ1) is 14.0. The highest BCUT2D eigenvalue weighted by atomic mass is 32.1. The van der Waals surface area contributed by atoms with Crippen LogP contribution in [-0.2, 0) is 9.59 Å². The van der Waals surface area contributed by atoms with Crippen molar-refractivity contribution in [1.82, 2.24) is 19.6 Å². The monoisotopic (exact) mass is 404 g/mol. The van der Waals surface area contributed by atoms with Gasteiger partial charge in [-0.3, -0.25) is 24.3 Å². The van der Waals surface area contributed by atoms with E-state index in [0.717, 1.165) is 16.9 Å². The van der Waals surface area contributed by atoms with Crippen molar-refractivity contribution in [3.8, 4) is 11.4 Å². The van der Waals surface area contributed by atoms with Crippen molar-refractivity contribution in [2.45, 2.75) is 0 Å². The molecule has 0 fully saturated rings. The van der Waals surface area contributed by atoms with Crippen LogP contribution in [0.15, 0.2) is 53.6 Å². The number of amides is 2. The topological polar surface area (TPSA) is 124 Å². The Labute approximate surface area is 166 Å². The maximum atomic E-state index is 13.0. The number of rotatable bonds is 3. The molecule has 142 valence electrons. The number of nitrogens with zero attached hydrogens (tertiary/aromatic N) is 5. The van der Waals surface area contributed by atoms with Gasteiger partial charge < -0.3 is 5.73 Å². The fourth-order valence-corrected chi connectivity index (χ4v) is 4.32. The summed E-state index contributed by atoms with van der Waals surface area (Å²) in [6, 6.07) is 10.5. The highest BCUT2D eigenvalue weighted by Crippen LogP contribution is 2.34. The normalized spacial score (nSPS) is 15.2. The molecule has 10 heteroatoms. The van der Waals surface area contributed by atoms with Gasteiger partial charge in [-0.2, -0.15) is 9.50 Å². The SMILES string of the molecule is NC(=O)CN1C(=O)C(=c2sc3nc(-c4ccncc4)nn3c2=O)c2ccccc21. The molecule has 0 radical (unpaired) electrons. The Balaban J connectivity index is 1.73. The average Bonchev–Trinajstić information content (AvgIpc) is 3.35. The van der Waals surface area contributed by atoms with Crippen molar-refractivity contribution in [2.24, 2.45) is 5.73 Å². The highest BCUT2D eigenvalue weighted by molar-refractivity contribution is 7.15. The summed E-state index contributed by atoms with van der Waals surface area (Å²) in [5, 5.41) is 4.29. The second-order valence-electron chi connectivity index (χ2n) is 6.35. The zero-order valence-corrected chi connectivity index (χ0v) is 15.6. The second-order valence-corrected chi connectivity index (χ2v) is 7.33. The molecule has 0 unspecified atom stereocenters. The van der Waals surface area contributed by atoms with Gasteiger partial charge in [0.25, 0.3) is 11.5 Å². The van der Waals surface area contributed by atoms with Crippen LogP contribution in [0.3, 0.4) is 0 Å². The molecule has 0 saturated heterocycles. The van der Waals surface area contributed by atoms with Crippen molar-refractivity contribution in [3.63, 3.8) is 0 Å². The average molecular weight is 404 g/mol. The van der Waals surface area contributed by atoms with Crippen LogP contribution in [0, 0.1) is 0 Å². The van der Waals surface area contributed by atoms with Crippen LogP contribution in [0.2, 0.25) is 0 Å². The third kappa shape index (κ3) is 2.61. The molecule has 1 aliphatic rings. The number of benzene rings is 1. The molecule has 1 aromatic carbocycles. The second kappa shape index (κ2) is 6.31. The summed E-state index contributed by atoms with van der Waals surface area (Å²) in [4.78, 5) is 47.5. The third-order valence-corrected chi connectivity index (χ3v) is 5.59. The molecule has 2 amide bonds. The lowest BCUT2D eigenvalue weighted by molar-refractivity contribution is -0.119. The van der Waals surface area contributed by atoms with Gasteiger partial charge in [-0.05, 0) is 18.2 Å². The van der Waals surface area contributed by atoms with Crippen LogP contribution in [0.1, 0.15) is 5.56 Å². The molecular weight excluding hydrogens is 392 g/mol. The lowest BCUT2D eigenvalue weighted by atomic mass is 10.1. The van der Waals surface area contributed by atoms with Gasteiger partial charge in [0, 0.05) is 23.5 Å². The largest absolute Gasteiger partial charge is 0.368 e. The van der Waals surface area contributed by atoms with Gasteiger partial charge in [-0.15, -0.1) is 5.10 Å². The number of hydrogen-bond donors (Lipinski definition) is 1. The van der Waals surface area contributed by atoms with E-state index in [2.05, 4.69) is 15.1 Å². The first-order valence-electron chi connectivity index (χ1n) is 8.58. The van der Waals surface area contributed by atoms with Crippen molar-refractivity contribution >= 4 is 39.4 Å². The van der Waals surface area contributed by atoms with Crippen LogP contribution in [0.25, 0.3) is 21.9 Å². The van der Waals surface area contributed by atoms with Crippen LogP contribution in [0.5, 0.6) is 0 Å². The third-order valence-electron chi connectivity index (χ3n) is 4.56. The van der Waals surface area contributed by atoms with Crippen LogP contribution in [0.4, 0.5) is 5.69 Å². The summed E-state index contributed by atoms with van der Waals surface area (Å²) in [5.74, 6) is -0.678. The maximum Gasteiger partial charge on any atom is 0.291 e. The van der Waals surface area contributed by atoms with E-state index >= 15 is 0 Å². The van der Waals surface area contributed by atoms with Crippen molar-refractivity contribution < 1.29 is 9.59 Å². The van der Waals surface area contributed by atoms with Gasteiger partial charge in [-0.25, -0.2) is 0 Å². The van der Waals surface area contributed by atoms with Gasteiger partial charge >= 0.3 is 0 Å². The molecule has 9 nitrogen and oxygen atoms in total. The fourth-order valence-electron chi connectivity index (χ4n) is 3.32. The summed E-state index contributed by atoms with van der Waals surface area (Å²) >= 11 is 1.09. The van der Waals surface area contributed by atoms with Gasteiger partial charge in [0.2, 0.25) is 10.9 Å². The minimum atomic E-state index is -0.638. The van der Waals surface area contributed by atoms with Crippen molar-refractivity contribution in [3.05, 3.63) is 69.2 Å². The fraction of sp³-hybridized carbons (Fsp3) is 0.0526.